The number of nitrogens with one attached hydrogen (secondary N) is 1. The first kappa shape index (κ1) is 20.7. The van der Waals surface area contributed by atoms with Gasteiger partial charge in [0, 0.05) is 18.9 Å². The van der Waals surface area contributed by atoms with Gasteiger partial charge in [0.1, 0.15) is 12.1 Å². The van der Waals surface area contributed by atoms with E-state index in [0.29, 0.717) is 30.1 Å². The van der Waals surface area contributed by atoms with Crippen LogP contribution in [0.1, 0.15) is 11.1 Å². The maximum atomic E-state index is 12.9. The van der Waals surface area contributed by atoms with E-state index in [0.717, 1.165) is 21.2 Å². The van der Waals surface area contributed by atoms with E-state index in [1.807, 2.05) is 12.1 Å². The van der Waals surface area contributed by atoms with Crippen LogP contribution in [0.5, 0.6) is 0 Å². The average Bonchev–Trinajstić information content (AvgIpc) is 3.23. The second-order valence-corrected chi connectivity index (χ2v) is 7.51. The summed E-state index contributed by atoms with van der Waals surface area (Å²) < 4.78 is 0.735. The van der Waals surface area contributed by atoms with E-state index < -0.39 is 5.09 Å². The van der Waals surface area contributed by atoms with Gasteiger partial charge in [-0.1, -0.05) is 24.3 Å². The predicted octanol–water partition coefficient (Wildman–Crippen LogP) is 2.95. The first-order chi connectivity index (χ1) is 15.0. The fourth-order valence-corrected chi connectivity index (χ4v) is 3.78. The summed E-state index contributed by atoms with van der Waals surface area (Å²) in [6.07, 6.45) is 3.38. The van der Waals surface area contributed by atoms with E-state index in [-0.39, 0.29) is 18.9 Å². The van der Waals surface area contributed by atoms with Crippen molar-refractivity contribution in [1.82, 2.24) is 14.9 Å². The molecular weight excluding hydrogens is 468 g/mol. The normalized spacial score (nSPS) is 13.2. The van der Waals surface area contributed by atoms with Crippen LogP contribution in [0.15, 0.2) is 58.3 Å². The van der Waals surface area contributed by atoms with Crippen molar-refractivity contribution in [2.75, 3.05) is 18.4 Å². The van der Waals surface area contributed by atoms with Crippen molar-refractivity contribution in [3.8, 4) is 0 Å². The van der Waals surface area contributed by atoms with Crippen molar-refractivity contribution < 1.29 is 14.7 Å². The summed E-state index contributed by atoms with van der Waals surface area (Å²) in [6, 6.07) is 10.7. The van der Waals surface area contributed by atoms with E-state index in [9.17, 15) is 14.9 Å². The summed E-state index contributed by atoms with van der Waals surface area (Å²) in [6.45, 7) is 0.804. The van der Waals surface area contributed by atoms with Crippen LogP contribution in [-0.2, 0) is 22.7 Å². The molecule has 0 atom stereocenters. The zero-order chi connectivity index (χ0) is 21.8. The molecule has 0 saturated heterocycles. The van der Waals surface area contributed by atoms with Gasteiger partial charge in [0.05, 0.1) is 28.6 Å². The third kappa shape index (κ3) is 4.77. The van der Waals surface area contributed by atoms with Crippen molar-refractivity contribution in [1.29, 1.82) is 0 Å². The molecule has 31 heavy (non-hydrogen) atoms. The van der Waals surface area contributed by atoms with Gasteiger partial charge in [-0.15, -0.1) is 10.1 Å². The van der Waals surface area contributed by atoms with Crippen molar-refractivity contribution in [2.45, 2.75) is 13.0 Å². The van der Waals surface area contributed by atoms with Crippen LogP contribution in [0.3, 0.4) is 0 Å². The Kier molecular flexibility index (Phi) is 6.03. The number of guanidine groups is 1. The summed E-state index contributed by atoms with van der Waals surface area (Å²) >= 11 is 3.55. The zero-order valence-electron chi connectivity index (χ0n) is 16.2. The Morgan fingerprint density at radius 2 is 2.03 bits per heavy atom. The second kappa shape index (κ2) is 9.04. The fourth-order valence-electron chi connectivity index (χ4n) is 3.24. The molecule has 4 rings (SSSR count). The molecule has 0 fully saturated rings. The van der Waals surface area contributed by atoms with Crippen LogP contribution >= 0.6 is 15.9 Å². The highest BCUT2D eigenvalue weighted by molar-refractivity contribution is 9.10. The second-order valence-electron chi connectivity index (χ2n) is 6.72. The van der Waals surface area contributed by atoms with Gasteiger partial charge in [0.25, 0.3) is 5.09 Å². The molecule has 11 heteroatoms. The molecule has 0 radical (unpaired) electrons. The molecule has 0 unspecified atom stereocenters. The van der Waals surface area contributed by atoms with Gasteiger partial charge in [-0.25, -0.2) is 0 Å². The molecule has 0 bridgehead atoms. The number of carbonyl (C=O) groups is 1. The van der Waals surface area contributed by atoms with E-state index in [4.69, 9.17) is 0 Å². The summed E-state index contributed by atoms with van der Waals surface area (Å²) in [5, 5.41) is 12.8. The molecule has 2 aromatic carbocycles. The van der Waals surface area contributed by atoms with E-state index >= 15 is 0 Å². The van der Waals surface area contributed by atoms with Crippen LogP contribution < -0.4 is 5.32 Å². The zero-order valence-corrected chi connectivity index (χ0v) is 17.8. The SMILES string of the molecule is O=C(Cc1cccc(CO[N+](=O)[O-])c1)N1CCN=C1Nc1ccc2nccnc2c1Br. The van der Waals surface area contributed by atoms with Gasteiger partial charge in [-0.05, 0) is 39.2 Å². The number of benzene rings is 2. The molecule has 1 aliphatic heterocycles. The minimum atomic E-state index is -0.840. The molecule has 158 valence electrons. The van der Waals surface area contributed by atoms with E-state index in [1.54, 1.807) is 41.6 Å². The number of aromatic nitrogens is 2. The van der Waals surface area contributed by atoms with Crippen LogP contribution in [0.2, 0.25) is 0 Å². The Balaban J connectivity index is 1.46. The maximum Gasteiger partial charge on any atom is 0.294 e. The average molecular weight is 485 g/mol. The number of fused-ring (bicyclic) bond motifs is 1. The lowest BCUT2D eigenvalue weighted by Gasteiger charge is -2.20. The Morgan fingerprint density at radius 1 is 1.23 bits per heavy atom. The van der Waals surface area contributed by atoms with Crippen molar-refractivity contribution in [3.05, 3.63) is 74.5 Å². The number of nitrogens with zero attached hydrogens (tertiary/aromatic N) is 5. The van der Waals surface area contributed by atoms with Crippen LogP contribution in [-0.4, -0.2) is 44.9 Å². The highest BCUT2D eigenvalue weighted by Crippen LogP contribution is 2.29. The molecule has 3 aromatic rings. The topological polar surface area (TPSA) is 123 Å². The summed E-state index contributed by atoms with van der Waals surface area (Å²) in [7, 11) is 0. The van der Waals surface area contributed by atoms with Gasteiger partial charge in [0.2, 0.25) is 11.9 Å². The van der Waals surface area contributed by atoms with Gasteiger partial charge in [-0.3, -0.25) is 24.7 Å². The molecule has 0 spiro atoms. The molecule has 1 aliphatic rings. The Labute approximate surface area is 185 Å². The Morgan fingerprint density at radius 3 is 2.87 bits per heavy atom. The van der Waals surface area contributed by atoms with Gasteiger partial charge in [-0.2, -0.15) is 0 Å². The highest BCUT2D eigenvalue weighted by atomic mass is 79.9. The number of hydrogen-bond donors (Lipinski definition) is 1. The summed E-state index contributed by atoms with van der Waals surface area (Å²) in [4.78, 5) is 42.3. The molecule has 10 nitrogen and oxygen atoms in total. The largest absolute Gasteiger partial charge is 0.325 e. The molecule has 1 amide bonds. The number of aliphatic imine (C=N–C) groups is 1. The number of amides is 1. The predicted molar refractivity (Wildman–Crippen MR) is 117 cm³/mol. The monoisotopic (exact) mass is 484 g/mol. The molecule has 0 aliphatic carbocycles. The van der Waals surface area contributed by atoms with Gasteiger partial charge >= 0.3 is 0 Å². The lowest BCUT2D eigenvalue weighted by molar-refractivity contribution is -0.763. The van der Waals surface area contributed by atoms with Crippen LogP contribution in [0, 0.1) is 10.1 Å². The molecular formula is C20H17BrN6O4. The number of hydrogen-bond acceptors (Lipinski definition) is 8. The smallest absolute Gasteiger partial charge is 0.294 e. The fraction of sp³-hybridized carbons (Fsp3) is 0.200. The third-order valence-electron chi connectivity index (χ3n) is 4.65. The Bertz CT molecular complexity index is 1190. The lowest BCUT2D eigenvalue weighted by atomic mass is 10.1. The molecule has 1 aromatic heterocycles. The highest BCUT2D eigenvalue weighted by Gasteiger charge is 2.24. The summed E-state index contributed by atoms with van der Waals surface area (Å²) in [5.74, 6) is 0.328. The van der Waals surface area contributed by atoms with Crippen LogP contribution in [0.25, 0.3) is 11.0 Å². The van der Waals surface area contributed by atoms with Crippen molar-refractivity contribution >= 4 is 44.5 Å². The standard InChI is InChI=1S/C20H17BrN6O4/c21-18-15(4-5-16-19(18)23-7-6-22-16)25-20-24-8-9-26(20)17(28)11-13-2-1-3-14(10-13)12-31-27(29)30/h1-7,10H,8-9,11-12H2,(H,24,25). The quantitative estimate of drug-likeness (QED) is 0.421. The number of rotatable bonds is 6. The molecule has 2 heterocycles. The van der Waals surface area contributed by atoms with E-state index in [1.165, 1.54) is 0 Å². The maximum absolute atomic E-state index is 12.9. The first-order valence-electron chi connectivity index (χ1n) is 9.37. The minimum absolute atomic E-state index is 0.132. The van der Waals surface area contributed by atoms with Crippen LogP contribution in [0.4, 0.5) is 5.69 Å². The van der Waals surface area contributed by atoms with Crippen molar-refractivity contribution in [3.63, 3.8) is 0 Å². The first-order valence-corrected chi connectivity index (χ1v) is 10.2. The Hall–Kier alpha value is -3.60. The van der Waals surface area contributed by atoms with Gasteiger partial charge < -0.3 is 10.2 Å². The summed E-state index contributed by atoms with van der Waals surface area (Å²) in [5.41, 5.74) is 3.55. The molecule has 1 N–H and O–H groups in total. The van der Waals surface area contributed by atoms with E-state index in [2.05, 4.69) is 41.0 Å². The third-order valence-corrected chi connectivity index (χ3v) is 5.45. The number of carbonyl (C=O) groups excluding carboxylic acids is 1. The van der Waals surface area contributed by atoms with Crippen molar-refractivity contribution in [2.24, 2.45) is 4.99 Å². The minimum Gasteiger partial charge on any atom is -0.325 e. The number of halogens is 1. The lowest BCUT2D eigenvalue weighted by Crippen LogP contribution is -2.39. The van der Waals surface area contributed by atoms with Gasteiger partial charge in [0.15, 0.2) is 0 Å². The molecule has 0 saturated carbocycles. The number of anilines is 1.